The fourth-order valence-corrected chi connectivity index (χ4v) is 4.48. The number of aromatic nitrogens is 1. The number of rotatable bonds is 3. The maximum absolute atomic E-state index is 12.9. The van der Waals surface area contributed by atoms with Gasteiger partial charge in [-0.25, -0.2) is 17.8 Å². The van der Waals surface area contributed by atoms with Crippen LogP contribution in [0.5, 0.6) is 0 Å². The SMILES string of the molecule is Cc1cc(C)c2nc(NS(=O)(=O)c3ccc(F)cc3)sc2c1. The molecule has 1 aromatic heterocycles. The van der Waals surface area contributed by atoms with Crippen LogP contribution in [0.2, 0.25) is 0 Å². The van der Waals surface area contributed by atoms with E-state index in [1.54, 1.807) is 0 Å². The molecule has 3 rings (SSSR count). The lowest BCUT2D eigenvalue weighted by Gasteiger charge is -2.04. The number of nitrogens with zero attached hydrogens (tertiary/aromatic N) is 1. The lowest BCUT2D eigenvalue weighted by atomic mass is 10.1. The Hall–Kier alpha value is -1.99. The molecule has 0 fully saturated rings. The molecule has 0 saturated carbocycles. The predicted octanol–water partition coefficient (Wildman–Crippen LogP) is 3.85. The number of sulfonamides is 1. The van der Waals surface area contributed by atoms with Crippen molar-refractivity contribution >= 4 is 36.7 Å². The Morgan fingerprint density at radius 3 is 2.50 bits per heavy atom. The number of fused-ring (bicyclic) bond motifs is 1. The van der Waals surface area contributed by atoms with Gasteiger partial charge in [0.25, 0.3) is 10.0 Å². The van der Waals surface area contributed by atoms with E-state index in [2.05, 4.69) is 9.71 Å². The summed E-state index contributed by atoms with van der Waals surface area (Å²) < 4.78 is 40.8. The maximum Gasteiger partial charge on any atom is 0.263 e. The first-order valence-electron chi connectivity index (χ1n) is 6.51. The molecule has 2 aromatic carbocycles. The van der Waals surface area contributed by atoms with Crippen molar-refractivity contribution in [3.8, 4) is 0 Å². The van der Waals surface area contributed by atoms with Gasteiger partial charge in [-0.15, -0.1) is 0 Å². The molecule has 0 unspecified atom stereocenters. The van der Waals surface area contributed by atoms with Gasteiger partial charge in [0.1, 0.15) is 5.82 Å². The summed E-state index contributed by atoms with van der Waals surface area (Å²) in [5.74, 6) is -0.481. The Morgan fingerprint density at radius 2 is 1.82 bits per heavy atom. The Labute approximate surface area is 131 Å². The van der Waals surface area contributed by atoms with Crippen molar-refractivity contribution in [2.45, 2.75) is 18.7 Å². The molecular weight excluding hydrogens is 323 g/mol. The Morgan fingerprint density at radius 1 is 1.14 bits per heavy atom. The molecule has 0 atom stereocenters. The molecule has 0 aliphatic carbocycles. The Kier molecular flexibility index (Phi) is 3.62. The van der Waals surface area contributed by atoms with Crippen LogP contribution in [-0.2, 0) is 10.0 Å². The number of hydrogen-bond acceptors (Lipinski definition) is 4. The number of anilines is 1. The molecule has 4 nitrogen and oxygen atoms in total. The summed E-state index contributed by atoms with van der Waals surface area (Å²) in [6.07, 6.45) is 0. The lowest BCUT2D eigenvalue weighted by Crippen LogP contribution is -2.12. The van der Waals surface area contributed by atoms with E-state index in [9.17, 15) is 12.8 Å². The minimum Gasteiger partial charge on any atom is -0.255 e. The summed E-state index contributed by atoms with van der Waals surface area (Å²) in [7, 11) is -3.77. The van der Waals surface area contributed by atoms with Gasteiger partial charge in [-0.3, -0.25) is 4.72 Å². The molecule has 0 amide bonds. The molecular formula is C15H13FN2O2S2. The number of benzene rings is 2. The number of halogens is 1. The molecule has 0 aliphatic rings. The average molecular weight is 336 g/mol. The van der Waals surface area contributed by atoms with Crippen LogP contribution in [0.4, 0.5) is 9.52 Å². The van der Waals surface area contributed by atoms with Crippen LogP contribution in [0.25, 0.3) is 10.2 Å². The third-order valence-corrected chi connectivity index (χ3v) is 5.58. The van der Waals surface area contributed by atoms with E-state index >= 15 is 0 Å². The van der Waals surface area contributed by atoms with E-state index in [0.717, 1.165) is 33.5 Å². The van der Waals surface area contributed by atoms with Crippen LogP contribution in [0.15, 0.2) is 41.3 Å². The van der Waals surface area contributed by atoms with Gasteiger partial charge in [-0.2, -0.15) is 0 Å². The second-order valence-corrected chi connectivity index (χ2v) is 7.72. The third kappa shape index (κ3) is 2.82. The van der Waals surface area contributed by atoms with Crippen molar-refractivity contribution < 1.29 is 12.8 Å². The summed E-state index contributed by atoms with van der Waals surface area (Å²) in [5, 5.41) is 0.299. The van der Waals surface area contributed by atoms with E-state index in [1.165, 1.54) is 23.5 Å². The molecule has 22 heavy (non-hydrogen) atoms. The standard InChI is InChI=1S/C15H13FN2O2S2/c1-9-7-10(2)14-13(8-9)21-15(17-14)18-22(19,20)12-5-3-11(16)4-6-12/h3-8H,1-2H3,(H,17,18). The number of aryl methyl sites for hydroxylation is 2. The topological polar surface area (TPSA) is 59.1 Å². The highest BCUT2D eigenvalue weighted by Crippen LogP contribution is 2.30. The molecule has 0 aliphatic heterocycles. The summed E-state index contributed by atoms with van der Waals surface area (Å²) in [6.45, 7) is 3.92. The second kappa shape index (κ2) is 5.33. The first-order valence-corrected chi connectivity index (χ1v) is 8.81. The lowest BCUT2D eigenvalue weighted by molar-refractivity contribution is 0.599. The van der Waals surface area contributed by atoms with Crippen LogP contribution in [0.1, 0.15) is 11.1 Å². The zero-order valence-corrected chi connectivity index (χ0v) is 13.6. The monoisotopic (exact) mass is 336 g/mol. The average Bonchev–Trinajstić information content (AvgIpc) is 2.81. The molecule has 1 N–H and O–H groups in total. The van der Waals surface area contributed by atoms with E-state index in [-0.39, 0.29) is 4.90 Å². The highest BCUT2D eigenvalue weighted by molar-refractivity contribution is 7.93. The van der Waals surface area contributed by atoms with E-state index in [4.69, 9.17) is 0 Å². The van der Waals surface area contributed by atoms with Crippen LogP contribution in [0, 0.1) is 19.7 Å². The Bertz CT molecular complexity index is 948. The fourth-order valence-electron chi connectivity index (χ4n) is 2.20. The molecule has 3 aromatic rings. The first-order chi connectivity index (χ1) is 10.3. The van der Waals surface area contributed by atoms with Crippen molar-refractivity contribution in [3.05, 3.63) is 53.3 Å². The first kappa shape index (κ1) is 14.9. The Balaban J connectivity index is 1.98. The van der Waals surface area contributed by atoms with Crippen LogP contribution < -0.4 is 4.72 Å². The summed E-state index contributed by atoms with van der Waals surface area (Å²) >= 11 is 1.27. The van der Waals surface area contributed by atoms with Gasteiger partial charge in [0.05, 0.1) is 15.1 Å². The molecule has 0 saturated heterocycles. The highest BCUT2D eigenvalue weighted by Gasteiger charge is 2.17. The van der Waals surface area contributed by atoms with Crippen LogP contribution in [-0.4, -0.2) is 13.4 Å². The van der Waals surface area contributed by atoms with Gasteiger partial charge in [0.2, 0.25) is 0 Å². The maximum atomic E-state index is 12.9. The summed E-state index contributed by atoms with van der Waals surface area (Å²) in [4.78, 5) is 4.34. The van der Waals surface area contributed by atoms with Crippen LogP contribution >= 0.6 is 11.3 Å². The minimum atomic E-state index is -3.77. The van der Waals surface area contributed by atoms with Gasteiger partial charge in [0, 0.05) is 0 Å². The van der Waals surface area contributed by atoms with Gasteiger partial charge in [0.15, 0.2) is 5.13 Å². The largest absolute Gasteiger partial charge is 0.263 e. The van der Waals surface area contributed by atoms with Crippen molar-refractivity contribution in [1.29, 1.82) is 0 Å². The van der Waals surface area contributed by atoms with Crippen LogP contribution in [0.3, 0.4) is 0 Å². The van der Waals surface area contributed by atoms with Crippen molar-refractivity contribution in [2.75, 3.05) is 4.72 Å². The van der Waals surface area contributed by atoms with E-state index in [1.807, 2.05) is 26.0 Å². The molecule has 0 radical (unpaired) electrons. The zero-order chi connectivity index (χ0) is 15.9. The smallest absolute Gasteiger partial charge is 0.255 e. The molecule has 1 heterocycles. The second-order valence-electron chi connectivity index (χ2n) is 5.01. The number of nitrogens with one attached hydrogen (secondary N) is 1. The van der Waals surface area contributed by atoms with E-state index in [0.29, 0.717) is 5.13 Å². The van der Waals surface area contributed by atoms with Crippen molar-refractivity contribution in [2.24, 2.45) is 0 Å². The fraction of sp³-hybridized carbons (Fsp3) is 0.133. The van der Waals surface area contributed by atoms with Gasteiger partial charge in [-0.05, 0) is 55.3 Å². The minimum absolute atomic E-state index is 0.000980. The number of hydrogen-bond donors (Lipinski definition) is 1. The van der Waals surface area contributed by atoms with E-state index < -0.39 is 15.8 Å². The molecule has 114 valence electrons. The predicted molar refractivity (Wildman–Crippen MR) is 86.3 cm³/mol. The summed E-state index contributed by atoms with van der Waals surface area (Å²) in [6, 6.07) is 8.64. The zero-order valence-electron chi connectivity index (χ0n) is 11.9. The normalized spacial score (nSPS) is 11.8. The molecule has 0 spiro atoms. The van der Waals surface area contributed by atoms with Gasteiger partial charge >= 0.3 is 0 Å². The van der Waals surface area contributed by atoms with Crippen molar-refractivity contribution in [1.82, 2.24) is 4.98 Å². The quantitative estimate of drug-likeness (QED) is 0.790. The summed E-state index contributed by atoms with van der Waals surface area (Å²) in [5.41, 5.74) is 2.88. The molecule has 7 heteroatoms. The van der Waals surface area contributed by atoms with Crippen molar-refractivity contribution in [3.63, 3.8) is 0 Å². The van der Waals surface area contributed by atoms with Gasteiger partial charge in [-0.1, -0.05) is 17.4 Å². The highest BCUT2D eigenvalue weighted by atomic mass is 32.2. The third-order valence-electron chi connectivity index (χ3n) is 3.18. The number of thiazole rings is 1. The van der Waals surface area contributed by atoms with Gasteiger partial charge < -0.3 is 0 Å². The molecule has 0 bridgehead atoms.